The lowest BCUT2D eigenvalue weighted by Crippen LogP contribution is -2.06. The van der Waals surface area contributed by atoms with Crippen molar-refractivity contribution in [1.29, 1.82) is 0 Å². The van der Waals surface area contributed by atoms with Crippen molar-refractivity contribution in [1.82, 2.24) is 0 Å². The maximum Gasteiger partial charge on any atom is 0.310 e. The smallest absolute Gasteiger partial charge is 0.310 e. The Bertz CT molecular complexity index is 402. The molecule has 16 heavy (non-hydrogen) atoms. The number of ketones is 1. The van der Waals surface area contributed by atoms with Crippen molar-refractivity contribution in [2.45, 2.75) is 26.2 Å². The first-order chi connectivity index (χ1) is 7.70. The summed E-state index contributed by atoms with van der Waals surface area (Å²) in [6, 6.07) is 6.78. The number of benzene rings is 1. The van der Waals surface area contributed by atoms with Crippen LogP contribution in [-0.2, 0) is 4.79 Å². The van der Waals surface area contributed by atoms with E-state index in [0.29, 0.717) is 17.7 Å². The van der Waals surface area contributed by atoms with Crippen LogP contribution in [0.3, 0.4) is 0 Å². The number of carbonyl (C=O) groups is 2. The molecule has 2 rings (SSSR count). The predicted octanol–water partition coefficient (Wildman–Crippen LogP) is 2.59. The summed E-state index contributed by atoms with van der Waals surface area (Å²) >= 11 is 0. The van der Waals surface area contributed by atoms with Gasteiger partial charge in [-0.05, 0) is 37.1 Å². The fourth-order valence-electron chi connectivity index (χ4n) is 1.47. The third-order valence-corrected chi connectivity index (χ3v) is 2.61. The van der Waals surface area contributed by atoms with Crippen LogP contribution < -0.4 is 4.74 Å². The molecule has 3 nitrogen and oxygen atoms in total. The molecule has 3 heteroatoms. The molecule has 0 heterocycles. The first-order valence-corrected chi connectivity index (χ1v) is 5.55. The zero-order valence-corrected chi connectivity index (χ0v) is 9.23. The van der Waals surface area contributed by atoms with Gasteiger partial charge in [-0.15, -0.1) is 0 Å². The quantitative estimate of drug-likeness (QED) is 0.443. The molecule has 0 aromatic heterocycles. The minimum atomic E-state index is -0.263. The summed E-state index contributed by atoms with van der Waals surface area (Å²) in [6.45, 7) is 1.74. The zero-order chi connectivity index (χ0) is 11.5. The summed E-state index contributed by atoms with van der Waals surface area (Å²) in [6.07, 6.45) is 2.36. The van der Waals surface area contributed by atoms with E-state index in [1.165, 1.54) is 0 Å². The second kappa shape index (κ2) is 4.47. The van der Waals surface area contributed by atoms with E-state index in [1.54, 1.807) is 31.2 Å². The van der Waals surface area contributed by atoms with Crippen molar-refractivity contribution in [3.63, 3.8) is 0 Å². The fraction of sp³-hybridized carbons (Fsp3) is 0.385. The second-order valence-corrected chi connectivity index (χ2v) is 3.99. The molecular formula is C13H14O3. The average Bonchev–Trinajstić information content (AvgIpc) is 3.13. The summed E-state index contributed by atoms with van der Waals surface area (Å²) in [4.78, 5) is 22.7. The molecule has 1 aliphatic carbocycles. The molecule has 1 aromatic rings. The number of ether oxygens (including phenoxy) is 1. The first-order valence-electron chi connectivity index (χ1n) is 5.55. The summed E-state index contributed by atoms with van der Waals surface area (Å²) in [5.74, 6) is 0.665. The minimum Gasteiger partial charge on any atom is -0.427 e. The van der Waals surface area contributed by atoms with E-state index in [-0.39, 0.29) is 17.7 Å². The Balaban J connectivity index is 2.03. The summed E-state index contributed by atoms with van der Waals surface area (Å²) in [5.41, 5.74) is 0.707. The van der Waals surface area contributed by atoms with Gasteiger partial charge in [-0.1, -0.05) is 6.92 Å². The molecule has 0 amide bonds. The van der Waals surface area contributed by atoms with Gasteiger partial charge in [0.2, 0.25) is 0 Å². The van der Waals surface area contributed by atoms with Crippen LogP contribution in [0.15, 0.2) is 24.3 Å². The number of hydrogen-bond acceptors (Lipinski definition) is 3. The standard InChI is InChI=1S/C13H14O3/c1-2-12(14)16-11-7-5-10(6-8-11)13(15)9-3-4-9/h5-9H,2-4H2,1H3. The Labute approximate surface area is 94.4 Å². The van der Waals surface area contributed by atoms with Crippen molar-refractivity contribution in [3.8, 4) is 5.75 Å². The Morgan fingerprint density at radius 3 is 2.38 bits per heavy atom. The zero-order valence-electron chi connectivity index (χ0n) is 9.23. The molecule has 1 aliphatic rings. The molecule has 0 aliphatic heterocycles. The van der Waals surface area contributed by atoms with Gasteiger partial charge in [0.05, 0.1) is 0 Å². The van der Waals surface area contributed by atoms with Crippen LogP contribution in [0.2, 0.25) is 0 Å². The summed E-state index contributed by atoms with van der Waals surface area (Å²) in [7, 11) is 0. The first kappa shape index (κ1) is 10.9. The van der Waals surface area contributed by atoms with E-state index in [2.05, 4.69) is 0 Å². The monoisotopic (exact) mass is 218 g/mol. The number of carbonyl (C=O) groups excluding carboxylic acids is 2. The molecule has 1 saturated carbocycles. The van der Waals surface area contributed by atoms with Crippen LogP contribution in [0.1, 0.15) is 36.5 Å². The predicted molar refractivity (Wildman–Crippen MR) is 59.4 cm³/mol. The Kier molecular flexibility index (Phi) is 3.04. The van der Waals surface area contributed by atoms with E-state index in [1.807, 2.05) is 0 Å². The van der Waals surface area contributed by atoms with E-state index in [0.717, 1.165) is 12.8 Å². The van der Waals surface area contributed by atoms with Gasteiger partial charge >= 0.3 is 5.97 Å². The third kappa shape index (κ3) is 2.48. The van der Waals surface area contributed by atoms with Crippen molar-refractivity contribution >= 4 is 11.8 Å². The molecule has 0 saturated heterocycles. The van der Waals surface area contributed by atoms with E-state index >= 15 is 0 Å². The maximum absolute atomic E-state index is 11.7. The van der Waals surface area contributed by atoms with E-state index in [9.17, 15) is 9.59 Å². The van der Waals surface area contributed by atoms with Gasteiger partial charge in [-0.25, -0.2) is 0 Å². The van der Waals surface area contributed by atoms with Gasteiger partial charge in [0.25, 0.3) is 0 Å². The number of Topliss-reactive ketones (excluding diaryl/α,β-unsaturated/α-hetero) is 1. The highest BCUT2D eigenvalue weighted by molar-refractivity contribution is 5.99. The summed E-state index contributed by atoms with van der Waals surface area (Å²) < 4.78 is 5.02. The van der Waals surface area contributed by atoms with Crippen LogP contribution in [0.25, 0.3) is 0 Å². The SMILES string of the molecule is CCC(=O)Oc1ccc(C(=O)C2CC2)cc1. The van der Waals surface area contributed by atoms with Crippen molar-refractivity contribution < 1.29 is 14.3 Å². The molecule has 0 N–H and O–H groups in total. The van der Waals surface area contributed by atoms with E-state index < -0.39 is 0 Å². The van der Waals surface area contributed by atoms with Gasteiger partial charge in [-0.2, -0.15) is 0 Å². The van der Waals surface area contributed by atoms with Crippen LogP contribution >= 0.6 is 0 Å². The highest BCUT2D eigenvalue weighted by Gasteiger charge is 2.30. The van der Waals surface area contributed by atoms with Gasteiger partial charge in [0, 0.05) is 17.9 Å². The van der Waals surface area contributed by atoms with Crippen LogP contribution in [0.4, 0.5) is 0 Å². The largest absolute Gasteiger partial charge is 0.427 e. The lowest BCUT2D eigenvalue weighted by molar-refractivity contribution is -0.134. The molecule has 0 unspecified atom stereocenters. The topological polar surface area (TPSA) is 43.4 Å². The average molecular weight is 218 g/mol. The highest BCUT2D eigenvalue weighted by Crippen LogP contribution is 2.32. The van der Waals surface area contributed by atoms with Gasteiger partial charge < -0.3 is 4.74 Å². The van der Waals surface area contributed by atoms with E-state index in [4.69, 9.17) is 4.74 Å². The molecule has 0 bridgehead atoms. The normalized spacial score (nSPS) is 14.6. The van der Waals surface area contributed by atoms with Crippen LogP contribution in [0, 0.1) is 5.92 Å². The number of hydrogen-bond donors (Lipinski definition) is 0. The lowest BCUT2D eigenvalue weighted by Gasteiger charge is -2.03. The molecule has 84 valence electrons. The van der Waals surface area contributed by atoms with Crippen molar-refractivity contribution in [3.05, 3.63) is 29.8 Å². The molecule has 0 spiro atoms. The maximum atomic E-state index is 11.7. The lowest BCUT2D eigenvalue weighted by atomic mass is 10.1. The van der Waals surface area contributed by atoms with Gasteiger partial charge in [0.1, 0.15) is 5.75 Å². The van der Waals surface area contributed by atoms with Gasteiger partial charge in [-0.3, -0.25) is 9.59 Å². The van der Waals surface area contributed by atoms with Crippen molar-refractivity contribution in [2.75, 3.05) is 0 Å². The Hall–Kier alpha value is -1.64. The van der Waals surface area contributed by atoms with Gasteiger partial charge in [0.15, 0.2) is 5.78 Å². The molecule has 1 fully saturated rings. The molecular weight excluding hydrogens is 204 g/mol. The molecule has 0 radical (unpaired) electrons. The third-order valence-electron chi connectivity index (χ3n) is 2.61. The van der Waals surface area contributed by atoms with Crippen LogP contribution in [-0.4, -0.2) is 11.8 Å². The minimum absolute atomic E-state index is 0.202. The number of rotatable bonds is 4. The second-order valence-electron chi connectivity index (χ2n) is 3.99. The summed E-state index contributed by atoms with van der Waals surface area (Å²) in [5, 5.41) is 0. The van der Waals surface area contributed by atoms with Crippen LogP contribution in [0.5, 0.6) is 5.75 Å². The fourth-order valence-corrected chi connectivity index (χ4v) is 1.47. The Morgan fingerprint density at radius 1 is 1.25 bits per heavy atom. The molecule has 1 aromatic carbocycles. The number of esters is 1. The molecule has 0 atom stereocenters. The highest BCUT2D eigenvalue weighted by atomic mass is 16.5. The Morgan fingerprint density at radius 2 is 1.88 bits per heavy atom. The van der Waals surface area contributed by atoms with Crippen molar-refractivity contribution in [2.24, 2.45) is 5.92 Å².